The third-order valence-corrected chi connectivity index (χ3v) is 4.17. The van der Waals surface area contributed by atoms with Gasteiger partial charge in [-0.3, -0.25) is 0 Å². The molecule has 1 saturated carbocycles. The number of hydrogen-bond donors (Lipinski definition) is 1. The SMILES string of the molecule is COc1ccccc1CC1(CNC(C)(C)C)CCC1. The Balaban J connectivity index is 2.06. The first-order chi connectivity index (χ1) is 8.94. The van der Waals surface area contributed by atoms with Crippen LogP contribution in [0.3, 0.4) is 0 Å². The average Bonchev–Trinajstić information content (AvgIpc) is 2.32. The molecular formula is C17H27NO. The highest BCUT2D eigenvalue weighted by Crippen LogP contribution is 2.44. The predicted molar refractivity (Wildman–Crippen MR) is 80.7 cm³/mol. The van der Waals surface area contributed by atoms with Crippen LogP contribution in [0.2, 0.25) is 0 Å². The molecule has 1 aromatic rings. The molecule has 0 aliphatic heterocycles. The van der Waals surface area contributed by atoms with Crippen LogP contribution in [0, 0.1) is 5.41 Å². The van der Waals surface area contributed by atoms with Crippen molar-refractivity contribution in [3.63, 3.8) is 0 Å². The Morgan fingerprint density at radius 2 is 1.89 bits per heavy atom. The van der Waals surface area contributed by atoms with E-state index < -0.39 is 0 Å². The van der Waals surface area contributed by atoms with Gasteiger partial charge < -0.3 is 10.1 Å². The number of rotatable bonds is 5. The second kappa shape index (κ2) is 5.54. The molecule has 1 aliphatic rings. The summed E-state index contributed by atoms with van der Waals surface area (Å²) in [4.78, 5) is 0. The summed E-state index contributed by atoms with van der Waals surface area (Å²) in [5.41, 5.74) is 1.98. The number of ether oxygens (including phenoxy) is 1. The van der Waals surface area contributed by atoms with Crippen LogP contribution in [0.25, 0.3) is 0 Å². The van der Waals surface area contributed by atoms with Crippen LogP contribution in [0.4, 0.5) is 0 Å². The van der Waals surface area contributed by atoms with Crippen LogP contribution in [-0.4, -0.2) is 19.2 Å². The van der Waals surface area contributed by atoms with Gasteiger partial charge in [0, 0.05) is 12.1 Å². The van der Waals surface area contributed by atoms with Crippen molar-refractivity contribution in [2.24, 2.45) is 5.41 Å². The highest BCUT2D eigenvalue weighted by Gasteiger charge is 2.38. The lowest BCUT2D eigenvalue weighted by Gasteiger charge is -2.44. The molecule has 1 aliphatic carbocycles. The number of benzene rings is 1. The summed E-state index contributed by atoms with van der Waals surface area (Å²) in [7, 11) is 1.76. The van der Waals surface area contributed by atoms with Gasteiger partial charge in [0.1, 0.15) is 5.75 Å². The first-order valence-electron chi connectivity index (χ1n) is 7.31. The Kier molecular flexibility index (Phi) is 4.19. The number of hydrogen-bond acceptors (Lipinski definition) is 2. The van der Waals surface area contributed by atoms with Gasteiger partial charge in [0.25, 0.3) is 0 Å². The fraction of sp³-hybridized carbons (Fsp3) is 0.647. The summed E-state index contributed by atoms with van der Waals surface area (Å²) in [6.07, 6.45) is 5.14. The van der Waals surface area contributed by atoms with Crippen molar-refractivity contribution in [1.29, 1.82) is 0 Å². The Morgan fingerprint density at radius 3 is 2.42 bits per heavy atom. The summed E-state index contributed by atoms with van der Waals surface area (Å²) in [6, 6.07) is 8.43. The van der Waals surface area contributed by atoms with E-state index in [1.807, 2.05) is 6.07 Å². The molecule has 2 rings (SSSR count). The summed E-state index contributed by atoms with van der Waals surface area (Å²) in [5, 5.41) is 3.68. The number of methoxy groups -OCH3 is 1. The molecule has 0 spiro atoms. The molecular weight excluding hydrogens is 234 g/mol. The zero-order valence-electron chi connectivity index (χ0n) is 12.8. The maximum Gasteiger partial charge on any atom is 0.122 e. The van der Waals surface area contributed by atoms with Crippen molar-refractivity contribution in [3.8, 4) is 5.75 Å². The molecule has 1 fully saturated rings. The van der Waals surface area contributed by atoms with E-state index >= 15 is 0 Å². The molecule has 2 nitrogen and oxygen atoms in total. The lowest BCUT2D eigenvalue weighted by atomic mass is 9.65. The van der Waals surface area contributed by atoms with E-state index in [2.05, 4.69) is 44.3 Å². The molecule has 0 bridgehead atoms. The van der Waals surface area contributed by atoms with E-state index in [9.17, 15) is 0 Å². The molecule has 19 heavy (non-hydrogen) atoms. The molecule has 0 amide bonds. The highest BCUT2D eigenvalue weighted by atomic mass is 16.5. The average molecular weight is 261 g/mol. The zero-order chi connectivity index (χ0) is 13.9. The van der Waals surface area contributed by atoms with Gasteiger partial charge in [0.2, 0.25) is 0 Å². The smallest absolute Gasteiger partial charge is 0.122 e. The number of para-hydroxylation sites is 1. The quantitative estimate of drug-likeness (QED) is 0.870. The van der Waals surface area contributed by atoms with Crippen LogP contribution in [0.1, 0.15) is 45.6 Å². The van der Waals surface area contributed by atoms with Gasteiger partial charge in [0.05, 0.1) is 7.11 Å². The monoisotopic (exact) mass is 261 g/mol. The van der Waals surface area contributed by atoms with E-state index in [1.54, 1.807) is 7.11 Å². The van der Waals surface area contributed by atoms with Crippen LogP contribution in [0.15, 0.2) is 24.3 Å². The summed E-state index contributed by atoms with van der Waals surface area (Å²) >= 11 is 0. The largest absolute Gasteiger partial charge is 0.496 e. The molecule has 1 aromatic carbocycles. The standard InChI is InChI=1S/C17H27NO/c1-16(2,3)18-13-17(10-7-11-17)12-14-8-5-6-9-15(14)19-4/h5-6,8-9,18H,7,10-13H2,1-4H3. The minimum atomic E-state index is 0.198. The fourth-order valence-electron chi connectivity index (χ4n) is 2.80. The van der Waals surface area contributed by atoms with Crippen LogP contribution >= 0.6 is 0 Å². The lowest BCUT2D eigenvalue weighted by molar-refractivity contribution is 0.117. The maximum atomic E-state index is 5.48. The van der Waals surface area contributed by atoms with Gasteiger partial charge in [-0.1, -0.05) is 24.6 Å². The number of nitrogens with one attached hydrogen (secondary N) is 1. The Bertz CT molecular complexity index is 416. The van der Waals surface area contributed by atoms with Crippen molar-refractivity contribution in [2.75, 3.05) is 13.7 Å². The second-order valence-electron chi connectivity index (χ2n) is 6.95. The third-order valence-electron chi connectivity index (χ3n) is 4.17. The van der Waals surface area contributed by atoms with E-state index in [0.717, 1.165) is 18.7 Å². The van der Waals surface area contributed by atoms with Gasteiger partial charge in [0.15, 0.2) is 0 Å². The molecule has 0 unspecified atom stereocenters. The van der Waals surface area contributed by atoms with E-state index in [-0.39, 0.29) is 5.54 Å². The minimum absolute atomic E-state index is 0.198. The fourth-order valence-corrected chi connectivity index (χ4v) is 2.80. The maximum absolute atomic E-state index is 5.48. The van der Waals surface area contributed by atoms with Gasteiger partial charge in [-0.2, -0.15) is 0 Å². The predicted octanol–water partition coefficient (Wildman–Crippen LogP) is 3.80. The van der Waals surface area contributed by atoms with Gasteiger partial charge in [-0.15, -0.1) is 0 Å². The molecule has 0 aromatic heterocycles. The first kappa shape index (κ1) is 14.4. The van der Waals surface area contributed by atoms with Crippen molar-refractivity contribution in [3.05, 3.63) is 29.8 Å². The van der Waals surface area contributed by atoms with E-state index in [4.69, 9.17) is 4.74 Å². The lowest BCUT2D eigenvalue weighted by Crippen LogP contribution is -2.48. The van der Waals surface area contributed by atoms with Crippen molar-refractivity contribution in [2.45, 2.75) is 52.0 Å². The van der Waals surface area contributed by atoms with Gasteiger partial charge in [-0.05, 0) is 57.1 Å². The van der Waals surface area contributed by atoms with Gasteiger partial charge in [-0.25, -0.2) is 0 Å². The Morgan fingerprint density at radius 1 is 1.21 bits per heavy atom. The second-order valence-corrected chi connectivity index (χ2v) is 6.95. The molecule has 0 atom stereocenters. The molecule has 0 saturated heterocycles. The van der Waals surface area contributed by atoms with Crippen LogP contribution < -0.4 is 10.1 Å². The molecule has 2 heteroatoms. The van der Waals surface area contributed by atoms with E-state index in [0.29, 0.717) is 5.41 Å². The normalized spacial score (nSPS) is 17.9. The Hall–Kier alpha value is -1.02. The van der Waals surface area contributed by atoms with E-state index in [1.165, 1.54) is 24.8 Å². The first-order valence-corrected chi connectivity index (χ1v) is 7.31. The van der Waals surface area contributed by atoms with Crippen LogP contribution in [0.5, 0.6) is 5.75 Å². The zero-order valence-corrected chi connectivity index (χ0v) is 12.8. The molecule has 0 heterocycles. The van der Waals surface area contributed by atoms with Crippen molar-refractivity contribution in [1.82, 2.24) is 5.32 Å². The van der Waals surface area contributed by atoms with Gasteiger partial charge >= 0.3 is 0 Å². The van der Waals surface area contributed by atoms with Crippen LogP contribution in [-0.2, 0) is 6.42 Å². The van der Waals surface area contributed by atoms with Crippen molar-refractivity contribution >= 4 is 0 Å². The minimum Gasteiger partial charge on any atom is -0.496 e. The highest BCUT2D eigenvalue weighted by molar-refractivity contribution is 5.34. The summed E-state index contributed by atoms with van der Waals surface area (Å²) < 4.78 is 5.48. The summed E-state index contributed by atoms with van der Waals surface area (Å²) in [6.45, 7) is 7.82. The summed E-state index contributed by atoms with van der Waals surface area (Å²) in [5.74, 6) is 1.03. The molecule has 106 valence electrons. The van der Waals surface area contributed by atoms with Crippen molar-refractivity contribution < 1.29 is 4.74 Å². The third kappa shape index (κ3) is 3.73. The topological polar surface area (TPSA) is 21.3 Å². The molecule has 1 N–H and O–H groups in total. The molecule has 0 radical (unpaired) electrons. The Labute approximate surface area is 117 Å².